The maximum Gasteiger partial charge on any atom is 0.338 e. The van der Waals surface area contributed by atoms with Crippen LogP contribution in [0.15, 0.2) is 35.7 Å². The van der Waals surface area contributed by atoms with Gasteiger partial charge in [-0.2, -0.15) is 0 Å². The lowest BCUT2D eigenvalue weighted by atomic mass is 9.82. The Kier molecular flexibility index (Phi) is 4.52. The molecule has 3 rings (SSSR count). The maximum absolute atomic E-state index is 11.9. The van der Waals surface area contributed by atoms with Gasteiger partial charge in [0.2, 0.25) is 0 Å². The Balaban J connectivity index is 1.84. The Morgan fingerprint density at radius 2 is 2.36 bits per heavy atom. The topological polar surface area (TPSA) is 44.1 Å². The summed E-state index contributed by atoms with van der Waals surface area (Å²) in [5, 5.41) is 0.746. The Labute approximate surface area is 135 Å². The Bertz CT molecular complexity index is 681. The van der Waals surface area contributed by atoms with Crippen molar-refractivity contribution in [3.05, 3.63) is 47.3 Å². The number of aryl methyl sites for hydroxylation is 1. The van der Waals surface area contributed by atoms with Crippen molar-refractivity contribution in [3.63, 3.8) is 0 Å². The molecular formula is C17H20N2O2S. The van der Waals surface area contributed by atoms with E-state index in [9.17, 15) is 4.79 Å². The van der Waals surface area contributed by atoms with Crippen LogP contribution in [0.3, 0.4) is 0 Å². The van der Waals surface area contributed by atoms with E-state index in [1.807, 2.05) is 25.3 Å². The third-order valence-corrected chi connectivity index (χ3v) is 4.58. The molecule has 0 N–H and O–H groups in total. The fourth-order valence-electron chi connectivity index (χ4n) is 3.15. The number of nitrogens with zero attached hydrogens (tertiary/aromatic N) is 2. The van der Waals surface area contributed by atoms with Gasteiger partial charge in [0.25, 0.3) is 0 Å². The van der Waals surface area contributed by atoms with E-state index >= 15 is 0 Å². The predicted octanol–water partition coefficient (Wildman–Crippen LogP) is 3.47. The minimum absolute atomic E-state index is 0.236. The zero-order valence-corrected chi connectivity index (χ0v) is 13.6. The fraction of sp³-hybridized carbons (Fsp3) is 0.412. The van der Waals surface area contributed by atoms with Gasteiger partial charge >= 0.3 is 5.97 Å². The zero-order valence-electron chi connectivity index (χ0n) is 12.7. The van der Waals surface area contributed by atoms with Crippen LogP contribution >= 0.6 is 12.6 Å². The predicted molar refractivity (Wildman–Crippen MR) is 87.6 cm³/mol. The molecule has 1 aliphatic rings. The number of imidazole rings is 1. The van der Waals surface area contributed by atoms with Crippen LogP contribution in [-0.2, 0) is 17.7 Å². The van der Waals surface area contributed by atoms with Crippen molar-refractivity contribution in [2.45, 2.75) is 43.8 Å². The average Bonchev–Trinajstić information content (AvgIpc) is 2.92. The molecule has 2 aromatic rings. The van der Waals surface area contributed by atoms with E-state index in [1.54, 1.807) is 6.20 Å². The van der Waals surface area contributed by atoms with E-state index in [-0.39, 0.29) is 5.97 Å². The molecule has 4 nitrogen and oxygen atoms in total. The van der Waals surface area contributed by atoms with Crippen molar-refractivity contribution in [1.29, 1.82) is 0 Å². The molecule has 0 bridgehead atoms. The first-order valence-electron chi connectivity index (χ1n) is 7.69. The summed E-state index contributed by atoms with van der Waals surface area (Å²) in [4.78, 5) is 16.0. The Hall–Kier alpha value is -1.75. The van der Waals surface area contributed by atoms with Crippen molar-refractivity contribution in [2.24, 2.45) is 0 Å². The highest BCUT2D eigenvalue weighted by Crippen LogP contribution is 2.34. The molecule has 0 saturated heterocycles. The first-order valence-corrected chi connectivity index (χ1v) is 8.13. The highest BCUT2D eigenvalue weighted by atomic mass is 32.1. The number of benzene rings is 1. The summed E-state index contributed by atoms with van der Waals surface area (Å²) in [6.45, 7) is 3.11. The van der Waals surface area contributed by atoms with E-state index in [0.717, 1.165) is 31.0 Å². The van der Waals surface area contributed by atoms with Gasteiger partial charge < -0.3 is 9.30 Å². The maximum atomic E-state index is 11.9. The van der Waals surface area contributed by atoms with Crippen molar-refractivity contribution in [2.75, 3.05) is 6.61 Å². The minimum Gasteiger partial charge on any atom is -0.462 e. The van der Waals surface area contributed by atoms with Crippen LogP contribution < -0.4 is 0 Å². The van der Waals surface area contributed by atoms with Crippen LogP contribution in [0.25, 0.3) is 0 Å². The number of fused-ring (bicyclic) bond motifs is 1. The number of carbonyl (C=O) groups excluding carboxylic acids is 1. The lowest BCUT2D eigenvalue weighted by Crippen LogP contribution is -2.16. The summed E-state index contributed by atoms with van der Waals surface area (Å²) >= 11 is 4.38. The number of carbonyl (C=O) groups is 1. The second-order valence-corrected chi connectivity index (χ2v) is 6.00. The SMILES string of the molecule is CCOC(=O)c1ccc2c(c1)CCCC2Cn1ccnc1S. The minimum atomic E-state index is -0.236. The van der Waals surface area contributed by atoms with Gasteiger partial charge in [-0.1, -0.05) is 6.07 Å². The number of ether oxygens (including phenoxy) is 1. The normalized spacial score (nSPS) is 17.1. The zero-order chi connectivity index (χ0) is 15.5. The van der Waals surface area contributed by atoms with Gasteiger partial charge in [0.1, 0.15) is 0 Å². The molecule has 0 aliphatic heterocycles. The largest absolute Gasteiger partial charge is 0.462 e. The Morgan fingerprint density at radius 1 is 1.50 bits per heavy atom. The van der Waals surface area contributed by atoms with Crippen LogP contribution in [0.1, 0.15) is 47.2 Å². The average molecular weight is 316 g/mol. The van der Waals surface area contributed by atoms with E-state index in [4.69, 9.17) is 4.74 Å². The summed E-state index contributed by atoms with van der Waals surface area (Å²) in [5.41, 5.74) is 3.25. The number of esters is 1. The van der Waals surface area contributed by atoms with Crippen LogP contribution in [0.2, 0.25) is 0 Å². The quantitative estimate of drug-likeness (QED) is 0.694. The van der Waals surface area contributed by atoms with Crippen LogP contribution in [0, 0.1) is 0 Å². The van der Waals surface area contributed by atoms with E-state index in [0.29, 0.717) is 18.1 Å². The summed E-state index contributed by atoms with van der Waals surface area (Å²) in [5.74, 6) is 0.208. The molecule has 1 heterocycles. The molecule has 1 atom stereocenters. The van der Waals surface area contributed by atoms with E-state index in [1.165, 1.54) is 11.1 Å². The molecule has 0 fully saturated rings. The highest BCUT2D eigenvalue weighted by Gasteiger charge is 2.22. The van der Waals surface area contributed by atoms with Gasteiger partial charge in [-0.05, 0) is 49.4 Å². The molecule has 1 aromatic heterocycles. The number of thiol groups is 1. The van der Waals surface area contributed by atoms with Gasteiger partial charge in [-0.25, -0.2) is 9.78 Å². The molecule has 116 valence electrons. The number of rotatable bonds is 4. The number of aromatic nitrogens is 2. The van der Waals surface area contributed by atoms with Crippen molar-refractivity contribution in [1.82, 2.24) is 9.55 Å². The number of hydrogen-bond acceptors (Lipinski definition) is 4. The van der Waals surface area contributed by atoms with Gasteiger partial charge in [-0.15, -0.1) is 12.6 Å². The molecule has 1 aliphatic carbocycles. The molecule has 0 amide bonds. The van der Waals surface area contributed by atoms with Crippen LogP contribution in [-0.4, -0.2) is 22.1 Å². The third kappa shape index (κ3) is 3.04. The molecule has 0 radical (unpaired) electrons. The monoisotopic (exact) mass is 316 g/mol. The van der Waals surface area contributed by atoms with Crippen molar-refractivity contribution >= 4 is 18.6 Å². The summed E-state index contributed by atoms with van der Waals surface area (Å²) in [6, 6.07) is 5.96. The standard InChI is InChI=1S/C17H20N2O2S/c1-2-21-16(20)13-6-7-15-12(10-13)4-3-5-14(15)11-19-9-8-18-17(19)22/h6-10,14H,2-5,11H2,1H3,(H,18,22). The van der Waals surface area contributed by atoms with Crippen LogP contribution in [0.4, 0.5) is 0 Å². The first-order chi connectivity index (χ1) is 10.7. The second kappa shape index (κ2) is 6.57. The molecule has 1 aromatic carbocycles. The highest BCUT2D eigenvalue weighted by molar-refractivity contribution is 7.80. The summed E-state index contributed by atoms with van der Waals surface area (Å²) in [7, 11) is 0. The summed E-state index contributed by atoms with van der Waals surface area (Å²) in [6.07, 6.45) is 7.05. The lowest BCUT2D eigenvalue weighted by Gasteiger charge is -2.26. The molecule has 0 saturated carbocycles. The van der Waals surface area contributed by atoms with E-state index in [2.05, 4.69) is 28.2 Å². The Morgan fingerprint density at radius 3 is 3.09 bits per heavy atom. The molecule has 1 unspecified atom stereocenters. The van der Waals surface area contributed by atoms with E-state index < -0.39 is 0 Å². The fourth-order valence-corrected chi connectivity index (χ4v) is 3.36. The molecule has 5 heteroatoms. The third-order valence-electron chi connectivity index (χ3n) is 4.20. The number of hydrogen-bond donors (Lipinski definition) is 1. The van der Waals surface area contributed by atoms with Gasteiger partial charge in [0.15, 0.2) is 5.16 Å². The second-order valence-electron chi connectivity index (χ2n) is 5.60. The first kappa shape index (κ1) is 15.2. The van der Waals surface area contributed by atoms with Crippen LogP contribution in [0.5, 0.6) is 0 Å². The van der Waals surface area contributed by atoms with Crippen molar-refractivity contribution in [3.8, 4) is 0 Å². The van der Waals surface area contributed by atoms with Gasteiger partial charge in [0.05, 0.1) is 12.2 Å². The summed E-state index contributed by atoms with van der Waals surface area (Å²) < 4.78 is 7.16. The molecule has 22 heavy (non-hydrogen) atoms. The smallest absolute Gasteiger partial charge is 0.338 e. The van der Waals surface area contributed by atoms with Gasteiger partial charge in [0, 0.05) is 24.9 Å². The molecule has 0 spiro atoms. The van der Waals surface area contributed by atoms with Crippen molar-refractivity contribution < 1.29 is 9.53 Å². The lowest BCUT2D eigenvalue weighted by molar-refractivity contribution is 0.0526. The molecular weight excluding hydrogens is 296 g/mol. The van der Waals surface area contributed by atoms with Gasteiger partial charge in [-0.3, -0.25) is 0 Å².